The molecule has 0 radical (unpaired) electrons. The molecule has 0 spiro atoms. The van der Waals surface area contributed by atoms with E-state index in [0.717, 1.165) is 19.3 Å². The molecule has 8 nitrogen and oxygen atoms in total. The van der Waals surface area contributed by atoms with Crippen LogP contribution in [0.5, 0.6) is 5.75 Å². The van der Waals surface area contributed by atoms with E-state index in [9.17, 15) is 18.0 Å². The highest BCUT2D eigenvalue weighted by molar-refractivity contribution is 7.89. The van der Waals surface area contributed by atoms with Gasteiger partial charge in [0.1, 0.15) is 10.6 Å². The number of rotatable bonds is 8. The lowest BCUT2D eigenvalue weighted by Crippen LogP contribution is -2.36. The number of anilines is 1. The Kier molecular flexibility index (Phi) is 7.46. The zero-order chi connectivity index (χ0) is 21.6. The fourth-order valence-corrected chi connectivity index (χ4v) is 5.48. The Hall–Kier alpha value is -2.43. The number of benzene rings is 1. The van der Waals surface area contributed by atoms with E-state index in [4.69, 9.17) is 4.74 Å². The first-order valence-electron chi connectivity index (χ1n) is 9.79. The summed E-state index contributed by atoms with van der Waals surface area (Å²) in [4.78, 5) is 24.2. The van der Waals surface area contributed by atoms with Crippen LogP contribution < -0.4 is 15.4 Å². The molecule has 2 heterocycles. The minimum absolute atomic E-state index is 0.0337. The van der Waals surface area contributed by atoms with Gasteiger partial charge >= 0.3 is 0 Å². The Balaban J connectivity index is 1.73. The van der Waals surface area contributed by atoms with Crippen molar-refractivity contribution in [2.75, 3.05) is 31.6 Å². The van der Waals surface area contributed by atoms with E-state index in [-0.39, 0.29) is 23.1 Å². The molecule has 30 heavy (non-hydrogen) atoms. The molecule has 1 fully saturated rings. The van der Waals surface area contributed by atoms with Crippen LogP contribution in [0.4, 0.5) is 5.69 Å². The van der Waals surface area contributed by atoms with Crippen LogP contribution in [0.3, 0.4) is 0 Å². The van der Waals surface area contributed by atoms with E-state index < -0.39 is 15.9 Å². The fraction of sp³-hybridized carbons (Fsp3) is 0.400. The summed E-state index contributed by atoms with van der Waals surface area (Å²) in [5, 5.41) is 8.64. The lowest BCUT2D eigenvalue weighted by molar-refractivity contribution is -0.115. The number of carbonyl (C=O) groups excluding carboxylic acids is 2. The fourth-order valence-electron chi connectivity index (χ4n) is 3.17. The summed E-state index contributed by atoms with van der Waals surface area (Å²) in [6.45, 7) is 2.82. The van der Waals surface area contributed by atoms with Crippen molar-refractivity contribution in [2.45, 2.75) is 31.1 Å². The highest BCUT2D eigenvalue weighted by Gasteiger charge is 2.29. The van der Waals surface area contributed by atoms with Crippen molar-refractivity contribution in [1.82, 2.24) is 9.62 Å². The number of ether oxygens (including phenoxy) is 1. The SMILES string of the molecule is CCOc1ccc(NC(=O)CNC(=O)c2ccsc2)cc1S(=O)(=O)N1CCCCC1. The number of sulfonamides is 1. The van der Waals surface area contributed by atoms with Crippen molar-refractivity contribution in [1.29, 1.82) is 0 Å². The van der Waals surface area contributed by atoms with Gasteiger partial charge in [0.15, 0.2) is 0 Å². The molecule has 1 aromatic carbocycles. The molecule has 2 amide bonds. The molecule has 0 bridgehead atoms. The predicted octanol–water partition coefficient (Wildman–Crippen LogP) is 2.69. The van der Waals surface area contributed by atoms with Gasteiger partial charge in [0, 0.05) is 29.7 Å². The smallest absolute Gasteiger partial charge is 0.252 e. The first-order chi connectivity index (χ1) is 14.4. The Labute approximate surface area is 180 Å². The van der Waals surface area contributed by atoms with Gasteiger partial charge in [0.25, 0.3) is 5.91 Å². The standard InChI is InChI=1S/C20H25N3O5S2/c1-2-28-17-7-6-16(12-18(17)30(26,27)23-9-4-3-5-10-23)22-19(24)13-21-20(25)15-8-11-29-14-15/h6-8,11-12,14H,2-5,9-10,13H2,1H3,(H,21,25)(H,22,24). The normalized spacial score (nSPS) is 14.8. The molecular weight excluding hydrogens is 426 g/mol. The molecule has 0 aliphatic carbocycles. The summed E-state index contributed by atoms with van der Waals surface area (Å²) in [5.74, 6) is -0.539. The van der Waals surface area contributed by atoms with Gasteiger partial charge in [-0.1, -0.05) is 6.42 Å². The quantitative estimate of drug-likeness (QED) is 0.642. The van der Waals surface area contributed by atoms with Gasteiger partial charge in [0.2, 0.25) is 15.9 Å². The molecule has 0 atom stereocenters. The topological polar surface area (TPSA) is 105 Å². The van der Waals surface area contributed by atoms with Crippen molar-refractivity contribution in [3.8, 4) is 5.75 Å². The second-order valence-corrected chi connectivity index (χ2v) is 9.49. The van der Waals surface area contributed by atoms with E-state index in [1.807, 2.05) is 0 Å². The molecule has 1 aliphatic rings. The molecule has 1 aromatic heterocycles. The molecule has 10 heteroatoms. The minimum Gasteiger partial charge on any atom is -0.492 e. The number of piperidine rings is 1. The van der Waals surface area contributed by atoms with Crippen molar-refractivity contribution in [3.63, 3.8) is 0 Å². The van der Waals surface area contributed by atoms with Crippen LogP contribution in [-0.4, -0.2) is 50.8 Å². The van der Waals surface area contributed by atoms with E-state index in [2.05, 4.69) is 10.6 Å². The van der Waals surface area contributed by atoms with Gasteiger partial charge in [0.05, 0.1) is 13.2 Å². The third kappa shape index (κ3) is 5.38. The molecule has 2 aromatic rings. The average Bonchev–Trinajstić information content (AvgIpc) is 3.29. The van der Waals surface area contributed by atoms with E-state index in [1.165, 1.54) is 21.7 Å². The average molecular weight is 452 g/mol. The highest BCUT2D eigenvalue weighted by Crippen LogP contribution is 2.31. The molecule has 3 rings (SSSR count). The number of nitrogens with zero attached hydrogens (tertiary/aromatic N) is 1. The molecule has 1 saturated heterocycles. The van der Waals surface area contributed by atoms with Crippen LogP contribution in [0.2, 0.25) is 0 Å². The van der Waals surface area contributed by atoms with E-state index in [0.29, 0.717) is 30.9 Å². The van der Waals surface area contributed by atoms with Gasteiger partial charge in [-0.05, 0) is 49.4 Å². The number of carbonyl (C=O) groups is 2. The summed E-state index contributed by atoms with van der Waals surface area (Å²) in [6.07, 6.45) is 2.66. The first-order valence-corrected chi connectivity index (χ1v) is 12.2. The summed E-state index contributed by atoms with van der Waals surface area (Å²) < 4.78 is 33.3. The molecule has 2 N–H and O–H groups in total. The van der Waals surface area contributed by atoms with Crippen LogP contribution in [0.1, 0.15) is 36.5 Å². The number of amides is 2. The summed E-state index contributed by atoms with van der Waals surface area (Å²) >= 11 is 1.39. The largest absolute Gasteiger partial charge is 0.492 e. The van der Waals surface area contributed by atoms with Crippen molar-refractivity contribution < 1.29 is 22.7 Å². The van der Waals surface area contributed by atoms with Crippen LogP contribution in [0.25, 0.3) is 0 Å². The van der Waals surface area contributed by atoms with Crippen molar-refractivity contribution in [2.24, 2.45) is 0 Å². The number of thiophene rings is 1. The maximum atomic E-state index is 13.1. The van der Waals surface area contributed by atoms with Crippen LogP contribution in [0, 0.1) is 0 Å². The second kappa shape index (κ2) is 10.1. The molecule has 0 unspecified atom stereocenters. The van der Waals surface area contributed by atoms with Gasteiger partial charge in [-0.2, -0.15) is 15.6 Å². The summed E-state index contributed by atoms with van der Waals surface area (Å²) in [5.41, 5.74) is 0.813. The Morgan fingerprint density at radius 1 is 1.17 bits per heavy atom. The third-order valence-corrected chi connectivity index (χ3v) is 7.26. The van der Waals surface area contributed by atoms with Gasteiger partial charge in [-0.25, -0.2) is 8.42 Å². The lowest BCUT2D eigenvalue weighted by Gasteiger charge is -2.27. The third-order valence-electron chi connectivity index (χ3n) is 4.65. The molecule has 1 aliphatic heterocycles. The van der Waals surface area contributed by atoms with Crippen LogP contribution >= 0.6 is 11.3 Å². The van der Waals surface area contributed by atoms with Crippen molar-refractivity contribution >= 4 is 38.9 Å². The van der Waals surface area contributed by atoms with E-state index in [1.54, 1.807) is 35.9 Å². The van der Waals surface area contributed by atoms with Gasteiger partial charge < -0.3 is 15.4 Å². The predicted molar refractivity (Wildman–Crippen MR) is 116 cm³/mol. The van der Waals surface area contributed by atoms with Crippen molar-refractivity contribution in [3.05, 3.63) is 40.6 Å². The zero-order valence-electron chi connectivity index (χ0n) is 16.7. The maximum Gasteiger partial charge on any atom is 0.252 e. The minimum atomic E-state index is -3.74. The number of nitrogens with one attached hydrogen (secondary N) is 2. The van der Waals surface area contributed by atoms with Crippen LogP contribution in [0.15, 0.2) is 39.9 Å². The second-order valence-electron chi connectivity index (χ2n) is 6.80. The lowest BCUT2D eigenvalue weighted by atomic mass is 10.2. The highest BCUT2D eigenvalue weighted by atomic mass is 32.2. The first kappa shape index (κ1) is 22.3. The molecular formula is C20H25N3O5S2. The monoisotopic (exact) mass is 451 g/mol. The van der Waals surface area contributed by atoms with Gasteiger partial charge in [-0.15, -0.1) is 0 Å². The maximum absolute atomic E-state index is 13.1. The Morgan fingerprint density at radius 2 is 1.93 bits per heavy atom. The van der Waals surface area contributed by atoms with Gasteiger partial charge in [-0.3, -0.25) is 9.59 Å². The van der Waals surface area contributed by atoms with E-state index >= 15 is 0 Å². The summed E-state index contributed by atoms with van der Waals surface area (Å²) in [6, 6.07) is 6.20. The zero-order valence-corrected chi connectivity index (χ0v) is 18.4. The Morgan fingerprint density at radius 3 is 2.60 bits per heavy atom. The molecule has 0 saturated carbocycles. The molecule has 162 valence electrons. The summed E-state index contributed by atoms with van der Waals surface area (Å²) in [7, 11) is -3.74. The Bertz CT molecular complexity index is 984. The van der Waals surface area contributed by atoms with Crippen LogP contribution in [-0.2, 0) is 14.8 Å². The number of hydrogen-bond donors (Lipinski definition) is 2. The number of hydrogen-bond acceptors (Lipinski definition) is 6.